The molecule has 0 unspecified atom stereocenters. The first-order valence-electron chi connectivity index (χ1n) is 19.5. The zero-order valence-electron chi connectivity index (χ0n) is 33.7. The van der Waals surface area contributed by atoms with E-state index in [1.807, 2.05) is 0 Å². The van der Waals surface area contributed by atoms with Crippen LogP contribution < -0.4 is 43.6 Å². The lowest BCUT2D eigenvalue weighted by molar-refractivity contribution is -0.142. The number of nitrogens with two attached hydrogens (primary N) is 2. The number of anilines is 2. The van der Waals surface area contributed by atoms with Crippen molar-refractivity contribution in [3.63, 3.8) is 0 Å². The summed E-state index contributed by atoms with van der Waals surface area (Å²) < 4.78 is 8.57. The van der Waals surface area contributed by atoms with Crippen molar-refractivity contribution < 1.29 is 40.4 Å². The topological polar surface area (TPSA) is 375 Å². The second-order valence-corrected chi connectivity index (χ2v) is 13.5. The molecule has 12 N–H and O–H groups in total. The predicted molar refractivity (Wildman–Crippen MR) is 220 cm³/mol. The van der Waals surface area contributed by atoms with Gasteiger partial charge in [-0.2, -0.15) is 4.98 Å². The number of amides is 4. The number of aromatic nitrogens is 4. The second-order valence-electron chi connectivity index (χ2n) is 13.5. The van der Waals surface area contributed by atoms with Crippen LogP contribution in [0.4, 0.5) is 17.3 Å². The number of carboxylic acids is 2. The largest absolute Gasteiger partial charge is 0.480 e. The third-order valence-electron chi connectivity index (χ3n) is 9.00. The molecule has 4 aromatic rings. The average molecular weight is 844 g/mol. The van der Waals surface area contributed by atoms with Gasteiger partial charge in [-0.05, 0) is 93.4 Å². The van der Waals surface area contributed by atoms with Gasteiger partial charge in [-0.3, -0.25) is 29.0 Å². The minimum Gasteiger partial charge on any atom is -0.480 e. The first kappa shape index (κ1) is 44.5. The van der Waals surface area contributed by atoms with Crippen molar-refractivity contribution >= 4 is 64.1 Å². The number of azide groups is 1. The number of carbonyl (C=O) groups excluding carboxylic acids is 4. The van der Waals surface area contributed by atoms with Crippen LogP contribution in [0.1, 0.15) is 77.8 Å². The van der Waals surface area contributed by atoms with Gasteiger partial charge in [0.1, 0.15) is 18.1 Å². The van der Waals surface area contributed by atoms with Crippen LogP contribution in [0, 0.1) is 0 Å². The minimum absolute atomic E-state index is 0.00411. The number of carbonyl (C=O) groups is 6. The fourth-order valence-electron chi connectivity index (χ4n) is 5.76. The van der Waals surface area contributed by atoms with Crippen LogP contribution >= 0.6 is 0 Å². The molecule has 3 atom stereocenters. The van der Waals surface area contributed by atoms with Crippen molar-refractivity contribution in [1.29, 1.82) is 0 Å². The number of hydrogen-bond acceptors (Lipinski definition) is 14. The zero-order chi connectivity index (χ0) is 45.2. The van der Waals surface area contributed by atoms with Gasteiger partial charge in [0.15, 0.2) is 12.6 Å². The molecule has 4 rings (SSSR count). The summed E-state index contributed by atoms with van der Waals surface area (Å²) in [7, 11) is 0. The van der Waals surface area contributed by atoms with E-state index < -0.39 is 72.1 Å². The van der Waals surface area contributed by atoms with Gasteiger partial charge >= 0.3 is 11.9 Å². The minimum atomic E-state index is -1.57. The Labute approximate surface area is 348 Å². The second kappa shape index (κ2) is 23.1. The Morgan fingerprint density at radius 2 is 1.49 bits per heavy atom. The predicted octanol–water partition coefficient (Wildman–Crippen LogP) is 1.60. The highest BCUT2D eigenvalue weighted by atomic mass is 16.4. The van der Waals surface area contributed by atoms with E-state index in [0.717, 1.165) is 0 Å². The summed E-state index contributed by atoms with van der Waals surface area (Å²) in [6, 6.07) is 7.46. The Bertz CT molecular complexity index is 2340. The SMILES string of the molecule is [2H]N(C(=O)CC[C@H](NC(=O)c1ccc(NCc2cnc3nc(N)[nH]c(=O)c3n2)cc1)C(=O)O)[C@@H](CCCCNC(=O)c1ccc(N=[N+]=[N-])cc1)C(=O)N[C@@H](CCCCN)C(=O)O. The molecule has 2 aromatic carbocycles. The number of nitrogens with zero attached hydrogens (tertiary/aromatic N) is 6. The third kappa shape index (κ3) is 14.6. The highest BCUT2D eigenvalue weighted by Crippen LogP contribution is 2.15. The van der Waals surface area contributed by atoms with E-state index in [0.29, 0.717) is 53.7 Å². The molecule has 0 saturated carbocycles. The summed E-state index contributed by atoms with van der Waals surface area (Å²) in [4.78, 5) is 106. The van der Waals surface area contributed by atoms with E-state index in [2.05, 4.69) is 51.2 Å². The van der Waals surface area contributed by atoms with Gasteiger partial charge in [0.2, 0.25) is 17.8 Å². The van der Waals surface area contributed by atoms with Crippen LogP contribution in [0.3, 0.4) is 0 Å². The maximum atomic E-state index is 13.4. The molecule has 0 aliphatic carbocycles. The number of rotatable bonds is 24. The van der Waals surface area contributed by atoms with E-state index >= 15 is 0 Å². The van der Waals surface area contributed by atoms with E-state index in [1.165, 1.54) is 42.6 Å². The van der Waals surface area contributed by atoms with Gasteiger partial charge in [-0.15, -0.1) is 0 Å². The molecule has 23 heteroatoms. The van der Waals surface area contributed by atoms with Crippen LogP contribution in [0.2, 0.25) is 1.41 Å². The van der Waals surface area contributed by atoms with Gasteiger partial charge in [0.05, 0.1) is 18.4 Å². The van der Waals surface area contributed by atoms with Gasteiger partial charge in [-0.25, -0.2) is 19.6 Å². The monoisotopic (exact) mass is 843 g/mol. The van der Waals surface area contributed by atoms with Crippen LogP contribution in [0.5, 0.6) is 0 Å². The molecule has 0 fully saturated rings. The molecule has 0 radical (unpaired) electrons. The number of benzene rings is 2. The number of unbranched alkanes of at least 4 members (excludes halogenated alkanes) is 2. The van der Waals surface area contributed by atoms with Crippen molar-refractivity contribution in [2.24, 2.45) is 10.8 Å². The highest BCUT2D eigenvalue weighted by Gasteiger charge is 2.28. The van der Waals surface area contributed by atoms with Crippen molar-refractivity contribution in [3.8, 4) is 0 Å². The molecule has 2 heterocycles. The lowest BCUT2D eigenvalue weighted by Crippen LogP contribution is -2.52. The summed E-state index contributed by atoms with van der Waals surface area (Å²) in [5, 5.41) is 33.9. The van der Waals surface area contributed by atoms with E-state index in [4.69, 9.17) is 18.4 Å². The number of fused-ring (bicyclic) bond motifs is 1. The van der Waals surface area contributed by atoms with Crippen LogP contribution in [0.25, 0.3) is 21.6 Å². The lowest BCUT2D eigenvalue weighted by Gasteiger charge is -2.22. The Morgan fingerprint density at radius 1 is 0.852 bits per heavy atom. The van der Waals surface area contributed by atoms with Crippen LogP contribution in [-0.4, -0.2) is 96.9 Å². The zero-order valence-corrected chi connectivity index (χ0v) is 32.7. The van der Waals surface area contributed by atoms with Crippen molar-refractivity contribution in [3.05, 3.63) is 92.3 Å². The quantitative estimate of drug-likeness (QED) is 0.0207. The maximum absolute atomic E-state index is 13.4. The Morgan fingerprint density at radius 3 is 2.16 bits per heavy atom. The molecule has 2 aromatic heterocycles. The molecule has 0 spiro atoms. The van der Waals surface area contributed by atoms with E-state index in [-0.39, 0.29) is 55.0 Å². The van der Waals surface area contributed by atoms with Crippen molar-refractivity contribution in [2.45, 2.75) is 76.0 Å². The molecule has 322 valence electrons. The Kier molecular flexibility index (Phi) is 16.8. The molecule has 0 saturated heterocycles. The molecule has 0 bridgehead atoms. The summed E-state index contributed by atoms with van der Waals surface area (Å²) in [5.74, 6) is -5.94. The molecule has 61 heavy (non-hydrogen) atoms. The fourth-order valence-corrected chi connectivity index (χ4v) is 5.76. The first-order valence-corrected chi connectivity index (χ1v) is 19.1. The first-order chi connectivity index (χ1) is 29.7. The number of H-pyrrole nitrogens is 1. The van der Waals surface area contributed by atoms with E-state index in [1.54, 1.807) is 12.1 Å². The van der Waals surface area contributed by atoms with Crippen molar-refractivity contribution in [2.75, 3.05) is 24.1 Å². The summed E-state index contributed by atoms with van der Waals surface area (Å²) in [6.07, 6.45) is 1.72. The molecule has 4 amide bonds. The van der Waals surface area contributed by atoms with Crippen molar-refractivity contribution in [1.82, 2.24) is 41.2 Å². The summed E-state index contributed by atoms with van der Waals surface area (Å²) in [6.45, 7) is 0.600. The highest BCUT2D eigenvalue weighted by molar-refractivity contribution is 5.97. The Balaban J connectivity index is 1.34. The maximum Gasteiger partial charge on any atom is 0.326 e. The molecule has 0 aliphatic rings. The molecule has 23 nitrogen and oxygen atoms in total. The van der Waals surface area contributed by atoms with Gasteiger partial charge in [0.25, 0.3) is 17.4 Å². The normalized spacial score (nSPS) is 12.4. The lowest BCUT2D eigenvalue weighted by atomic mass is 10.0. The molecular weight excluding hydrogens is 797 g/mol. The number of hydrogen-bond donors (Lipinski definition) is 10. The van der Waals surface area contributed by atoms with Gasteiger partial charge in [0, 0.05) is 40.4 Å². The smallest absolute Gasteiger partial charge is 0.326 e. The number of aromatic amines is 1. The van der Waals surface area contributed by atoms with Crippen LogP contribution in [0.15, 0.2) is 64.6 Å². The van der Waals surface area contributed by atoms with E-state index in [9.17, 15) is 43.8 Å². The Hall–Kier alpha value is -7.65. The summed E-state index contributed by atoms with van der Waals surface area (Å²) >= 11 is 0. The third-order valence-corrected chi connectivity index (χ3v) is 9.00. The number of nitrogen functional groups attached to an aromatic ring is 1. The fraction of sp³-hybridized carbons (Fsp3) is 0.368. The standard InChI is InChI=1S/C38H46N14O9/c39-17-3-1-6-27(36(58)59)48-34(56)26(5-2-4-18-42-32(54)21-9-13-24(14-10-21)51-52-41)46-29(53)16-15-28(37(60)61)47-33(55)22-7-11-23(12-8-22)43-19-25-20-44-31-30(45-25)35(57)50-38(40)49-31/h7-14,20,26-28,43H,1-6,15-19,39H2,(H,42,54)(H,46,53)(H,47,55)(H,48,56)(H,58,59)(H,60,61)(H3,40,44,49,50,57)/t26-,27-,28-/m0/s1/i/hD. The number of nitrogens with one attached hydrogen (secondary N) is 6. The molecular formula is C38H46N14O9. The number of aliphatic carboxylic acids is 2. The average Bonchev–Trinajstić information content (AvgIpc) is 3.25. The number of carboxylic acid groups (broad SMARTS) is 2. The molecule has 0 aliphatic heterocycles. The van der Waals surface area contributed by atoms with Gasteiger partial charge < -0.3 is 48.3 Å². The van der Waals surface area contributed by atoms with Gasteiger partial charge in [-0.1, -0.05) is 17.2 Å². The summed E-state index contributed by atoms with van der Waals surface area (Å²) in [5.41, 5.74) is 20.8. The van der Waals surface area contributed by atoms with Crippen LogP contribution in [-0.2, 0) is 25.7 Å².